The number of aromatic nitrogens is 3. The van der Waals surface area contributed by atoms with Gasteiger partial charge in [0.1, 0.15) is 17.6 Å². The fourth-order valence-corrected chi connectivity index (χ4v) is 9.67. The van der Waals surface area contributed by atoms with Crippen molar-refractivity contribution in [3.8, 4) is 22.3 Å². The van der Waals surface area contributed by atoms with E-state index in [4.69, 9.17) is 20.4 Å². The van der Waals surface area contributed by atoms with Gasteiger partial charge in [0.2, 0.25) is 0 Å². The van der Waals surface area contributed by atoms with Gasteiger partial charge in [-0.2, -0.15) is 15.0 Å². The Balaban J connectivity index is 1.05. The van der Waals surface area contributed by atoms with Crippen LogP contribution in [0.4, 0.5) is 45.5 Å². The monoisotopic (exact) mass is 904 g/mol. The van der Waals surface area contributed by atoms with Crippen molar-refractivity contribution in [3.63, 3.8) is 0 Å². The first-order valence-electron chi connectivity index (χ1n) is 24.3. The summed E-state index contributed by atoms with van der Waals surface area (Å²) in [5.74, 6) is 0.343. The normalized spacial score (nSPS) is 13.2. The molecule has 342 valence electrons. The Bertz CT molecular complexity index is 3150. The summed E-state index contributed by atoms with van der Waals surface area (Å²) in [6, 6.07) is 69.2. The molecule has 9 heteroatoms. The molecule has 0 saturated carbocycles. The number of hydrogen-bond donors (Lipinski definition) is 2. The number of anilines is 7. The number of ether oxygens (including phenoxy) is 1. The molecule has 9 nitrogen and oxygen atoms in total. The van der Waals surface area contributed by atoms with E-state index in [0.717, 1.165) is 103 Å². The molecular weight excluding hydrogens is 849 g/mol. The van der Waals surface area contributed by atoms with Gasteiger partial charge in [0, 0.05) is 51.3 Å². The molecule has 2 heterocycles. The second-order valence-corrected chi connectivity index (χ2v) is 18.2. The van der Waals surface area contributed by atoms with Crippen LogP contribution in [0.3, 0.4) is 0 Å². The van der Waals surface area contributed by atoms with Gasteiger partial charge in [0.15, 0.2) is 0 Å². The molecule has 0 saturated heterocycles. The predicted octanol–water partition coefficient (Wildman–Crippen LogP) is 14.6. The molecule has 2 N–H and O–H groups in total. The molecule has 0 spiro atoms. The van der Waals surface area contributed by atoms with Crippen molar-refractivity contribution in [2.24, 2.45) is 5.92 Å². The number of nitrogens with zero attached hydrogens (tertiary/aromatic N) is 6. The molecule has 9 aromatic carbocycles. The molecule has 10 aromatic rings. The molecule has 0 fully saturated rings. The molecule has 69 heavy (non-hydrogen) atoms. The molecule has 0 bridgehead atoms. The zero-order valence-corrected chi connectivity index (χ0v) is 39.4. The van der Waals surface area contributed by atoms with Crippen molar-refractivity contribution in [1.29, 1.82) is 0 Å². The van der Waals surface area contributed by atoms with Gasteiger partial charge in [-0.05, 0) is 94.9 Å². The van der Waals surface area contributed by atoms with Crippen LogP contribution in [-0.2, 0) is 11.3 Å². The molecule has 0 amide bonds. The zero-order chi connectivity index (χ0) is 46.7. The van der Waals surface area contributed by atoms with Crippen molar-refractivity contribution >= 4 is 78.1 Å². The Kier molecular flexibility index (Phi) is 12.2. The van der Waals surface area contributed by atoms with E-state index in [2.05, 4.69) is 230 Å². The summed E-state index contributed by atoms with van der Waals surface area (Å²) in [6.45, 7) is 9.25. The number of para-hydroxylation sites is 2. The van der Waals surface area contributed by atoms with Crippen molar-refractivity contribution in [1.82, 2.24) is 15.0 Å². The lowest BCUT2D eigenvalue weighted by Gasteiger charge is -2.27. The van der Waals surface area contributed by atoms with E-state index >= 15 is 0 Å². The lowest BCUT2D eigenvalue weighted by atomic mass is 9.93. The highest BCUT2D eigenvalue weighted by Gasteiger charge is 2.29. The fourth-order valence-electron chi connectivity index (χ4n) is 9.67. The van der Waals surface area contributed by atoms with Crippen LogP contribution in [0.1, 0.15) is 33.6 Å². The van der Waals surface area contributed by atoms with Crippen LogP contribution in [0.5, 0.6) is 0 Å². The summed E-state index contributed by atoms with van der Waals surface area (Å²) in [4.78, 5) is 6.56. The average molecular weight is 905 g/mol. The van der Waals surface area contributed by atoms with E-state index in [1.165, 1.54) is 21.5 Å². The molecule has 0 radical (unpaired) electrons. The Morgan fingerprint density at radius 2 is 1.03 bits per heavy atom. The lowest BCUT2D eigenvalue weighted by molar-refractivity contribution is -0.831. The van der Waals surface area contributed by atoms with Crippen LogP contribution in [0, 0.1) is 5.92 Å². The average Bonchev–Trinajstić information content (AvgIpc) is 4.00. The smallest absolute Gasteiger partial charge is 0.123 e. The maximum absolute atomic E-state index is 6.09. The van der Waals surface area contributed by atoms with E-state index in [0.29, 0.717) is 25.6 Å². The van der Waals surface area contributed by atoms with Gasteiger partial charge in [-0.15, -0.1) is 0 Å². The van der Waals surface area contributed by atoms with Crippen molar-refractivity contribution in [2.75, 3.05) is 35.0 Å². The van der Waals surface area contributed by atoms with E-state index in [-0.39, 0.29) is 0 Å². The number of quaternary nitrogens is 1. The van der Waals surface area contributed by atoms with E-state index in [1.54, 1.807) is 0 Å². The highest BCUT2D eigenvalue weighted by Crippen LogP contribution is 2.51. The largest absolute Gasteiger partial charge is 0.459 e. The quantitative estimate of drug-likeness (QED) is 0.0941. The topological polar surface area (TPSA) is 77.0 Å². The highest BCUT2D eigenvalue weighted by atomic mass is 16.5. The number of hydrogen-bond acceptors (Lipinski definition) is 6. The van der Waals surface area contributed by atoms with Gasteiger partial charge < -0.3 is 20.0 Å². The van der Waals surface area contributed by atoms with Crippen molar-refractivity contribution < 1.29 is 9.85 Å². The lowest BCUT2D eigenvalue weighted by Crippen LogP contribution is -3.10. The van der Waals surface area contributed by atoms with Crippen LogP contribution in [0.25, 0.3) is 60.3 Å². The van der Waals surface area contributed by atoms with E-state index in [9.17, 15) is 0 Å². The summed E-state index contributed by atoms with van der Waals surface area (Å²) >= 11 is 0. The van der Waals surface area contributed by atoms with E-state index in [1.807, 2.05) is 4.80 Å². The van der Waals surface area contributed by atoms with E-state index < -0.39 is 0 Å². The number of benzene rings is 9. The van der Waals surface area contributed by atoms with Crippen LogP contribution in [0.15, 0.2) is 194 Å². The molecule has 1 unspecified atom stereocenters. The number of unbranched alkanes of at least 4 members (excludes halogenated alkanes) is 1. The third-order valence-electron chi connectivity index (χ3n) is 12.9. The summed E-state index contributed by atoms with van der Waals surface area (Å²) in [5, 5.41) is 16.3. The highest BCUT2D eigenvalue weighted by molar-refractivity contribution is 6.14. The first-order chi connectivity index (χ1) is 34.0. The molecule has 1 aliphatic heterocycles. The maximum atomic E-state index is 6.09. The number of nitrogens with one attached hydrogen (secondary N) is 2. The second kappa shape index (κ2) is 19.3. The minimum Gasteiger partial charge on any atom is -0.459 e. The number of fused-ring (bicyclic) bond motifs is 4. The summed E-state index contributed by atoms with van der Waals surface area (Å²) in [7, 11) is 0. The van der Waals surface area contributed by atoms with Crippen LogP contribution in [0.2, 0.25) is 0 Å². The Labute approximate surface area is 404 Å². The Morgan fingerprint density at radius 3 is 1.57 bits per heavy atom. The zero-order valence-electron chi connectivity index (χ0n) is 39.4. The van der Waals surface area contributed by atoms with Crippen LogP contribution in [-0.4, -0.2) is 34.8 Å². The first-order valence-corrected chi connectivity index (χ1v) is 24.3. The molecule has 1 aliphatic rings. The van der Waals surface area contributed by atoms with Gasteiger partial charge in [-0.1, -0.05) is 166 Å². The van der Waals surface area contributed by atoms with Gasteiger partial charge >= 0.3 is 0 Å². The van der Waals surface area contributed by atoms with Gasteiger partial charge in [-0.3, -0.25) is 5.12 Å². The summed E-state index contributed by atoms with van der Waals surface area (Å²) in [5.41, 5.74) is 23.2. The Hall–Kier alpha value is -7.98. The Morgan fingerprint density at radius 1 is 0.551 bits per heavy atom. The molecule has 11 rings (SSSR count). The summed E-state index contributed by atoms with van der Waals surface area (Å²) in [6.07, 6.45) is 2.13. The van der Waals surface area contributed by atoms with Crippen LogP contribution < -0.4 is 20.3 Å². The third-order valence-corrected chi connectivity index (χ3v) is 12.9. The first kappa shape index (κ1) is 43.6. The van der Waals surface area contributed by atoms with Gasteiger partial charge in [-0.25, -0.2) is 5.43 Å². The van der Waals surface area contributed by atoms with Gasteiger partial charge in [0.05, 0.1) is 30.2 Å². The molecule has 1 atom stereocenters. The molecule has 1 aromatic heterocycles. The van der Waals surface area contributed by atoms with Gasteiger partial charge in [0.25, 0.3) is 0 Å². The predicted molar refractivity (Wildman–Crippen MR) is 286 cm³/mol. The second-order valence-electron chi connectivity index (χ2n) is 18.2. The minimum absolute atomic E-state index is 0.343. The SMILES string of the molecule is CCCCOCC[NH+]1[N-]c2c(c(-c3ccc(N(c4ccccc4)c4cccc5ccccc45)cc3)c3nn(CC(C)C)nc3c2-c2ccc(N(c3ccccc3)c3cccc4ccccc34)cc2)N1. The third kappa shape index (κ3) is 8.63. The summed E-state index contributed by atoms with van der Waals surface area (Å²) < 4.78 is 6.09. The van der Waals surface area contributed by atoms with Crippen molar-refractivity contribution in [2.45, 2.75) is 40.2 Å². The minimum atomic E-state index is 0.343. The fraction of sp³-hybridized carbons (Fsp3) is 0.167. The van der Waals surface area contributed by atoms with Crippen LogP contribution >= 0.6 is 0 Å². The maximum Gasteiger partial charge on any atom is 0.123 e. The standard InChI is InChI=1S/C60H56N8O/c1-4-5-39-69-40-38-65-61-57-55(45-30-34-49(35-31-45)67(47-22-8-6-9-23-47)53-28-16-20-43-18-12-14-26-51(43)53)59-60(64-66(63-59)41-42(2)3)56(58(57)62-65)46-32-36-50(37-33-46)68(48-24-10-7-11-25-48)54-29-17-21-44-19-13-15-27-52(44)54/h6-37,42,61,65H,4-5,38-41H2,1-3H3. The molecule has 0 aliphatic carbocycles. The molecular formula is C60H56N8O. The van der Waals surface area contributed by atoms with Crippen molar-refractivity contribution in [3.05, 3.63) is 200 Å². The number of rotatable bonds is 16.